The van der Waals surface area contributed by atoms with Crippen LogP contribution in [0.2, 0.25) is 0 Å². The van der Waals surface area contributed by atoms with E-state index in [0.29, 0.717) is 5.56 Å². The molecular weight excluding hydrogens is 287 g/mol. The number of rotatable bonds is 5. The van der Waals surface area contributed by atoms with E-state index in [1.165, 1.54) is 12.1 Å². The van der Waals surface area contributed by atoms with Gasteiger partial charge in [-0.1, -0.05) is 0 Å². The van der Waals surface area contributed by atoms with Gasteiger partial charge in [0.15, 0.2) is 0 Å². The predicted molar refractivity (Wildman–Crippen MR) is 80.6 cm³/mol. The van der Waals surface area contributed by atoms with Crippen molar-refractivity contribution < 1.29 is 19.4 Å². The molecule has 6 heteroatoms. The molecule has 0 spiro atoms. The Morgan fingerprint density at radius 1 is 1.32 bits per heavy atom. The lowest BCUT2D eigenvalue weighted by Crippen LogP contribution is -2.34. The summed E-state index contributed by atoms with van der Waals surface area (Å²) in [5.74, 6) is -0.642. The van der Waals surface area contributed by atoms with Crippen molar-refractivity contribution in [1.29, 1.82) is 0 Å². The fraction of sp³-hybridized carbons (Fsp3) is 0.312. The van der Waals surface area contributed by atoms with Crippen LogP contribution < -0.4 is 5.32 Å². The molecule has 1 atom stereocenters. The number of halogens is 1. The first-order valence-corrected chi connectivity index (χ1v) is 6.96. The Bertz CT molecular complexity index is 665. The minimum Gasteiger partial charge on any atom is -0.394 e. The van der Waals surface area contributed by atoms with Gasteiger partial charge >= 0.3 is 0 Å². The molecule has 1 amide bonds. The molecule has 3 N–H and O–H groups in total. The second-order valence-electron chi connectivity index (χ2n) is 5.14. The van der Waals surface area contributed by atoms with Crippen LogP contribution in [0.15, 0.2) is 30.3 Å². The van der Waals surface area contributed by atoms with Crippen molar-refractivity contribution in [3.05, 3.63) is 53.1 Å². The maximum atomic E-state index is 13.0. The van der Waals surface area contributed by atoms with Gasteiger partial charge in [0.1, 0.15) is 5.82 Å². The monoisotopic (exact) mass is 306 g/mol. The van der Waals surface area contributed by atoms with Gasteiger partial charge in [-0.2, -0.15) is 0 Å². The molecule has 0 fully saturated rings. The lowest BCUT2D eigenvalue weighted by molar-refractivity contribution is 0.0801. The van der Waals surface area contributed by atoms with E-state index in [1.54, 1.807) is 25.1 Å². The number of nitrogens with zero attached hydrogens (tertiary/aromatic N) is 1. The second kappa shape index (κ2) is 6.72. The Kier molecular flexibility index (Phi) is 4.95. The maximum Gasteiger partial charge on any atom is 0.253 e. The van der Waals surface area contributed by atoms with E-state index in [0.717, 1.165) is 17.1 Å². The third kappa shape index (κ3) is 3.35. The number of amides is 1. The van der Waals surface area contributed by atoms with Gasteiger partial charge in [0.2, 0.25) is 0 Å². The predicted octanol–water partition coefficient (Wildman–Crippen LogP) is 1.32. The van der Waals surface area contributed by atoms with Crippen molar-refractivity contribution in [3.8, 4) is 5.69 Å². The summed E-state index contributed by atoms with van der Waals surface area (Å²) < 4.78 is 14.9. The van der Waals surface area contributed by atoms with Gasteiger partial charge in [-0.3, -0.25) is 4.79 Å². The fourth-order valence-corrected chi connectivity index (χ4v) is 2.35. The molecule has 1 heterocycles. The van der Waals surface area contributed by atoms with E-state index in [4.69, 9.17) is 5.11 Å². The lowest BCUT2D eigenvalue weighted by Gasteiger charge is -2.11. The van der Waals surface area contributed by atoms with Crippen molar-refractivity contribution >= 4 is 5.91 Å². The molecule has 1 aromatic carbocycles. The normalized spacial score (nSPS) is 12.2. The number of aliphatic hydroxyl groups is 2. The smallest absolute Gasteiger partial charge is 0.253 e. The van der Waals surface area contributed by atoms with Gasteiger partial charge in [-0.05, 0) is 44.2 Å². The van der Waals surface area contributed by atoms with Gasteiger partial charge in [0, 0.05) is 23.6 Å². The average Bonchev–Trinajstić information content (AvgIpc) is 2.80. The van der Waals surface area contributed by atoms with Crippen LogP contribution in [0.25, 0.3) is 5.69 Å². The van der Waals surface area contributed by atoms with Crippen LogP contribution in [-0.4, -0.2) is 39.9 Å². The van der Waals surface area contributed by atoms with Crippen molar-refractivity contribution in [2.45, 2.75) is 20.0 Å². The molecule has 0 bridgehead atoms. The standard InChI is InChI=1S/C16H19FN2O3/c1-10-7-15(16(22)18-8-14(21)9-20)11(2)19(10)13-5-3-12(17)4-6-13/h3-7,14,20-21H,8-9H2,1-2H3,(H,18,22)/t14-/m1/s1. The SMILES string of the molecule is Cc1cc(C(=O)NC[C@@H](O)CO)c(C)n1-c1ccc(F)cc1. The van der Waals surface area contributed by atoms with Gasteiger partial charge in [0.25, 0.3) is 5.91 Å². The van der Waals surface area contributed by atoms with E-state index >= 15 is 0 Å². The zero-order valence-electron chi connectivity index (χ0n) is 12.5. The molecule has 0 aliphatic carbocycles. The van der Waals surface area contributed by atoms with Gasteiger partial charge in [-0.25, -0.2) is 4.39 Å². The number of carbonyl (C=O) groups excluding carboxylic acids is 1. The zero-order chi connectivity index (χ0) is 16.3. The number of hydrogen-bond donors (Lipinski definition) is 3. The highest BCUT2D eigenvalue weighted by Crippen LogP contribution is 2.21. The van der Waals surface area contributed by atoms with Gasteiger partial charge in [-0.15, -0.1) is 0 Å². The highest BCUT2D eigenvalue weighted by atomic mass is 19.1. The molecule has 22 heavy (non-hydrogen) atoms. The Labute approximate surface area is 128 Å². The Balaban J connectivity index is 2.27. The van der Waals surface area contributed by atoms with E-state index in [1.807, 2.05) is 11.5 Å². The maximum absolute atomic E-state index is 13.0. The summed E-state index contributed by atoms with van der Waals surface area (Å²) in [5.41, 5.74) is 2.81. The minimum atomic E-state index is -0.982. The molecule has 0 saturated heterocycles. The van der Waals surface area contributed by atoms with Crippen molar-refractivity contribution in [1.82, 2.24) is 9.88 Å². The van der Waals surface area contributed by atoms with E-state index in [2.05, 4.69) is 5.32 Å². The number of hydrogen-bond acceptors (Lipinski definition) is 3. The van der Waals surface area contributed by atoms with Crippen molar-refractivity contribution in [3.63, 3.8) is 0 Å². The molecule has 1 aromatic heterocycles. The Morgan fingerprint density at radius 3 is 2.55 bits per heavy atom. The minimum absolute atomic E-state index is 0.0183. The Hall–Kier alpha value is -2.18. The highest BCUT2D eigenvalue weighted by Gasteiger charge is 2.17. The van der Waals surface area contributed by atoms with Crippen LogP contribution in [0.5, 0.6) is 0 Å². The molecule has 0 saturated carbocycles. The Morgan fingerprint density at radius 2 is 1.95 bits per heavy atom. The first kappa shape index (κ1) is 16.2. The first-order valence-electron chi connectivity index (χ1n) is 6.96. The third-order valence-electron chi connectivity index (χ3n) is 3.47. The number of aromatic nitrogens is 1. The van der Waals surface area contributed by atoms with Crippen LogP contribution in [0.3, 0.4) is 0 Å². The average molecular weight is 306 g/mol. The van der Waals surface area contributed by atoms with E-state index in [9.17, 15) is 14.3 Å². The van der Waals surface area contributed by atoms with Crippen LogP contribution in [0.1, 0.15) is 21.7 Å². The van der Waals surface area contributed by atoms with Gasteiger partial charge < -0.3 is 20.1 Å². The van der Waals surface area contributed by atoms with Gasteiger partial charge in [0.05, 0.1) is 18.3 Å². The summed E-state index contributed by atoms with van der Waals surface area (Å²) in [4.78, 5) is 12.2. The van der Waals surface area contributed by atoms with Crippen LogP contribution in [0.4, 0.5) is 4.39 Å². The van der Waals surface area contributed by atoms with E-state index in [-0.39, 0.29) is 18.3 Å². The molecular formula is C16H19FN2O3. The van der Waals surface area contributed by atoms with Crippen LogP contribution >= 0.6 is 0 Å². The number of aryl methyl sites for hydroxylation is 1. The summed E-state index contributed by atoms with van der Waals surface area (Å²) in [6, 6.07) is 7.76. The largest absolute Gasteiger partial charge is 0.394 e. The quantitative estimate of drug-likeness (QED) is 0.780. The third-order valence-corrected chi connectivity index (χ3v) is 3.47. The first-order chi connectivity index (χ1) is 10.4. The summed E-state index contributed by atoms with van der Waals surface area (Å²) in [6.07, 6.45) is -0.982. The summed E-state index contributed by atoms with van der Waals surface area (Å²) in [6.45, 7) is 3.23. The molecule has 118 valence electrons. The summed E-state index contributed by atoms with van der Waals surface area (Å²) in [5, 5.41) is 20.6. The molecule has 2 rings (SSSR count). The summed E-state index contributed by atoms with van der Waals surface area (Å²) in [7, 11) is 0. The highest BCUT2D eigenvalue weighted by molar-refractivity contribution is 5.95. The van der Waals surface area contributed by atoms with Crippen LogP contribution in [0, 0.1) is 19.7 Å². The van der Waals surface area contributed by atoms with E-state index < -0.39 is 12.7 Å². The fourth-order valence-electron chi connectivity index (χ4n) is 2.35. The molecule has 0 aliphatic heterocycles. The second-order valence-corrected chi connectivity index (χ2v) is 5.14. The van der Waals surface area contributed by atoms with Crippen molar-refractivity contribution in [2.75, 3.05) is 13.2 Å². The zero-order valence-corrected chi connectivity index (χ0v) is 12.5. The number of carbonyl (C=O) groups is 1. The number of benzene rings is 1. The lowest BCUT2D eigenvalue weighted by atomic mass is 10.2. The number of aliphatic hydroxyl groups excluding tert-OH is 2. The molecule has 2 aromatic rings. The molecule has 0 radical (unpaired) electrons. The van der Waals surface area contributed by atoms with Crippen molar-refractivity contribution in [2.24, 2.45) is 0 Å². The summed E-state index contributed by atoms with van der Waals surface area (Å²) >= 11 is 0. The van der Waals surface area contributed by atoms with Crippen LogP contribution in [-0.2, 0) is 0 Å². The molecule has 5 nitrogen and oxygen atoms in total. The molecule has 0 aliphatic rings. The topological polar surface area (TPSA) is 74.5 Å². The number of nitrogens with one attached hydrogen (secondary N) is 1. The molecule has 0 unspecified atom stereocenters.